The average Bonchev–Trinajstić information content (AvgIpc) is 2.83. The van der Waals surface area contributed by atoms with Crippen LogP contribution < -0.4 is 0 Å². The van der Waals surface area contributed by atoms with Gasteiger partial charge in [0.25, 0.3) is 0 Å². The van der Waals surface area contributed by atoms with Gasteiger partial charge in [-0.15, -0.1) is 0 Å². The van der Waals surface area contributed by atoms with Gasteiger partial charge in [0.15, 0.2) is 5.78 Å². The molecule has 0 saturated heterocycles. The number of carbonyl (C=O) groups is 5. The number of benzene rings is 1. The van der Waals surface area contributed by atoms with Gasteiger partial charge in [0.1, 0.15) is 23.1 Å². The smallest absolute Gasteiger partial charge is 0.163 e. The predicted molar refractivity (Wildman–Crippen MR) is 151 cm³/mol. The molecule has 0 spiro atoms. The number of carbonyl (C=O) groups excluding carboxylic acids is 5. The monoisotopic (exact) mass is 524 g/mol. The summed E-state index contributed by atoms with van der Waals surface area (Å²) in [5, 5.41) is 0. The van der Waals surface area contributed by atoms with Crippen molar-refractivity contribution in [3.8, 4) is 0 Å². The van der Waals surface area contributed by atoms with Crippen molar-refractivity contribution in [3.63, 3.8) is 0 Å². The van der Waals surface area contributed by atoms with Gasteiger partial charge in [-0.1, -0.05) is 52.7 Å². The summed E-state index contributed by atoms with van der Waals surface area (Å²) in [6.45, 7) is 11.4. The minimum atomic E-state index is -0.633. The standard InChI is InChI=1S/C33H48O5/c1-7-11-25(27(10-4)31(37)16-21(5)34)17-23-18-26-15-14-24(22(6)33(26)32(38)19-23)20-28(29(35)12-8-2)30(36)13-9-3/h14-15,23,25,27-28H,7-13,16-20H2,1-6H3. The van der Waals surface area contributed by atoms with Gasteiger partial charge in [0.05, 0.1) is 12.3 Å². The van der Waals surface area contributed by atoms with Crippen molar-refractivity contribution < 1.29 is 24.0 Å². The minimum absolute atomic E-state index is 0.00113. The summed E-state index contributed by atoms with van der Waals surface area (Å²) in [6, 6.07) is 4.02. The molecule has 1 aliphatic rings. The molecule has 0 saturated carbocycles. The van der Waals surface area contributed by atoms with Crippen molar-refractivity contribution in [2.24, 2.45) is 23.7 Å². The Morgan fingerprint density at radius 3 is 2.05 bits per heavy atom. The van der Waals surface area contributed by atoms with Gasteiger partial charge < -0.3 is 0 Å². The van der Waals surface area contributed by atoms with Gasteiger partial charge in [-0.3, -0.25) is 24.0 Å². The first-order chi connectivity index (χ1) is 18.1. The van der Waals surface area contributed by atoms with Crippen LogP contribution in [0.4, 0.5) is 0 Å². The number of Topliss-reactive ketones (excluding diaryl/α,β-unsaturated/α-hetero) is 5. The Labute approximate surface area is 229 Å². The fraction of sp³-hybridized carbons (Fsp3) is 0.667. The van der Waals surface area contributed by atoms with Crippen molar-refractivity contribution >= 4 is 28.9 Å². The van der Waals surface area contributed by atoms with Crippen molar-refractivity contribution in [2.45, 2.75) is 119 Å². The van der Waals surface area contributed by atoms with E-state index in [2.05, 4.69) is 6.92 Å². The number of fused-ring (bicyclic) bond motifs is 1. The zero-order chi connectivity index (χ0) is 28.4. The zero-order valence-corrected chi connectivity index (χ0v) is 24.5. The van der Waals surface area contributed by atoms with Crippen LogP contribution in [0, 0.1) is 30.6 Å². The van der Waals surface area contributed by atoms with E-state index in [1.165, 1.54) is 6.92 Å². The van der Waals surface area contributed by atoms with Gasteiger partial charge >= 0.3 is 0 Å². The lowest BCUT2D eigenvalue weighted by atomic mass is 9.71. The minimum Gasteiger partial charge on any atom is -0.300 e. The molecule has 0 radical (unpaired) electrons. The second kappa shape index (κ2) is 15.2. The van der Waals surface area contributed by atoms with E-state index in [0.717, 1.165) is 60.8 Å². The first kappa shape index (κ1) is 31.8. The van der Waals surface area contributed by atoms with Gasteiger partial charge in [-0.2, -0.15) is 0 Å². The third kappa shape index (κ3) is 8.28. The number of hydrogen-bond donors (Lipinski definition) is 0. The predicted octanol–water partition coefficient (Wildman–Crippen LogP) is 7.02. The lowest BCUT2D eigenvalue weighted by Crippen LogP contribution is -2.30. The number of hydrogen-bond acceptors (Lipinski definition) is 5. The molecule has 210 valence electrons. The van der Waals surface area contributed by atoms with E-state index in [0.29, 0.717) is 32.1 Å². The molecule has 0 amide bonds. The number of rotatable bonds is 17. The Bertz CT molecular complexity index is 1000. The van der Waals surface area contributed by atoms with Crippen LogP contribution in [0.3, 0.4) is 0 Å². The zero-order valence-electron chi connectivity index (χ0n) is 24.5. The van der Waals surface area contributed by atoms with E-state index in [1.54, 1.807) is 0 Å². The Kier molecular flexibility index (Phi) is 12.7. The molecule has 1 aromatic carbocycles. The summed E-state index contributed by atoms with van der Waals surface area (Å²) in [6.07, 6.45) is 7.22. The fourth-order valence-electron chi connectivity index (χ4n) is 6.46. The molecule has 0 bridgehead atoms. The van der Waals surface area contributed by atoms with E-state index in [1.807, 2.05) is 39.8 Å². The van der Waals surface area contributed by atoms with Crippen LogP contribution >= 0.6 is 0 Å². The Morgan fingerprint density at radius 2 is 1.53 bits per heavy atom. The molecule has 1 aliphatic carbocycles. The highest BCUT2D eigenvalue weighted by Crippen LogP contribution is 2.37. The maximum Gasteiger partial charge on any atom is 0.163 e. The molecule has 1 aromatic rings. The molecule has 5 nitrogen and oxygen atoms in total. The molecule has 2 rings (SSSR count). The van der Waals surface area contributed by atoms with Crippen LogP contribution in [0.15, 0.2) is 12.1 Å². The van der Waals surface area contributed by atoms with Gasteiger partial charge in [0.2, 0.25) is 0 Å². The molecule has 5 heteroatoms. The Morgan fingerprint density at radius 1 is 0.895 bits per heavy atom. The molecule has 3 unspecified atom stereocenters. The molecule has 3 atom stereocenters. The number of ketones is 5. The second-order valence-corrected chi connectivity index (χ2v) is 11.4. The van der Waals surface area contributed by atoms with Crippen LogP contribution in [0.25, 0.3) is 0 Å². The maximum atomic E-state index is 13.4. The summed E-state index contributed by atoms with van der Waals surface area (Å²) >= 11 is 0. The quantitative estimate of drug-likeness (QED) is 0.204. The summed E-state index contributed by atoms with van der Waals surface area (Å²) in [4.78, 5) is 63.4. The summed E-state index contributed by atoms with van der Waals surface area (Å²) in [5.41, 5.74) is 3.61. The highest BCUT2D eigenvalue weighted by Gasteiger charge is 2.34. The summed E-state index contributed by atoms with van der Waals surface area (Å²) in [5.74, 6) is -0.373. The molecular formula is C33H48O5. The van der Waals surface area contributed by atoms with E-state index in [9.17, 15) is 24.0 Å². The third-order valence-corrected chi connectivity index (χ3v) is 8.26. The van der Waals surface area contributed by atoms with Crippen LogP contribution in [-0.4, -0.2) is 28.9 Å². The topological polar surface area (TPSA) is 85.3 Å². The third-order valence-electron chi connectivity index (χ3n) is 8.26. The van der Waals surface area contributed by atoms with Crippen molar-refractivity contribution in [2.75, 3.05) is 0 Å². The molecule has 0 aromatic heterocycles. The lowest BCUT2D eigenvalue weighted by molar-refractivity contribution is -0.133. The van der Waals surface area contributed by atoms with E-state index >= 15 is 0 Å². The van der Waals surface area contributed by atoms with E-state index < -0.39 is 5.92 Å². The van der Waals surface area contributed by atoms with Crippen LogP contribution in [0.1, 0.15) is 126 Å². The van der Waals surface area contributed by atoms with Crippen molar-refractivity contribution in [1.82, 2.24) is 0 Å². The largest absolute Gasteiger partial charge is 0.300 e. The second-order valence-electron chi connectivity index (χ2n) is 11.4. The van der Waals surface area contributed by atoms with E-state index in [4.69, 9.17) is 0 Å². The first-order valence-corrected chi connectivity index (χ1v) is 14.8. The SMILES string of the molecule is CCCC(=O)C(Cc1ccc2c(c1C)C(=O)CC(CC(CCC)C(CC)C(=O)CC(C)=O)C2)C(=O)CCC. The Hall–Kier alpha value is -2.43. The Balaban J connectivity index is 2.27. The molecular weight excluding hydrogens is 476 g/mol. The lowest BCUT2D eigenvalue weighted by Gasteiger charge is -2.32. The van der Waals surface area contributed by atoms with Crippen LogP contribution in [0.2, 0.25) is 0 Å². The van der Waals surface area contributed by atoms with Crippen LogP contribution in [0.5, 0.6) is 0 Å². The molecule has 0 N–H and O–H groups in total. The van der Waals surface area contributed by atoms with Gasteiger partial charge in [-0.25, -0.2) is 0 Å². The van der Waals surface area contributed by atoms with Crippen LogP contribution in [-0.2, 0) is 32.0 Å². The highest BCUT2D eigenvalue weighted by molar-refractivity contribution is 6.03. The first-order valence-electron chi connectivity index (χ1n) is 14.8. The fourth-order valence-corrected chi connectivity index (χ4v) is 6.46. The van der Waals surface area contributed by atoms with Crippen molar-refractivity contribution in [1.29, 1.82) is 0 Å². The van der Waals surface area contributed by atoms with Gasteiger partial charge in [-0.05, 0) is 80.9 Å². The summed E-state index contributed by atoms with van der Waals surface area (Å²) in [7, 11) is 0. The van der Waals surface area contributed by atoms with Crippen molar-refractivity contribution in [3.05, 3.63) is 34.4 Å². The normalized spacial score (nSPS) is 16.7. The molecule has 0 heterocycles. The molecule has 0 fully saturated rings. The average molecular weight is 525 g/mol. The summed E-state index contributed by atoms with van der Waals surface area (Å²) < 4.78 is 0. The highest BCUT2D eigenvalue weighted by atomic mass is 16.2. The van der Waals surface area contributed by atoms with Gasteiger partial charge in [0, 0.05) is 30.7 Å². The molecule has 38 heavy (non-hydrogen) atoms. The van der Waals surface area contributed by atoms with E-state index in [-0.39, 0.29) is 53.1 Å². The molecule has 0 aliphatic heterocycles. The maximum absolute atomic E-state index is 13.4.